The number of benzene rings is 1. The van der Waals surface area contributed by atoms with Gasteiger partial charge in [-0.25, -0.2) is 0 Å². The Bertz CT molecular complexity index is 382. The molecular formula is C15H25BrN2O. The van der Waals surface area contributed by atoms with Crippen molar-refractivity contribution in [2.75, 3.05) is 20.2 Å². The molecule has 0 aliphatic heterocycles. The number of methoxy groups -OCH3 is 1. The Balaban J connectivity index is 2.33. The molecule has 0 radical (unpaired) electrons. The Morgan fingerprint density at radius 3 is 2.53 bits per heavy atom. The van der Waals surface area contributed by atoms with Crippen LogP contribution in [0.2, 0.25) is 0 Å². The number of nitrogens with one attached hydrogen (secondary N) is 2. The van der Waals surface area contributed by atoms with Crippen LogP contribution in [0.25, 0.3) is 0 Å². The van der Waals surface area contributed by atoms with E-state index in [1.54, 1.807) is 7.11 Å². The molecule has 0 aliphatic carbocycles. The van der Waals surface area contributed by atoms with Crippen molar-refractivity contribution < 1.29 is 4.74 Å². The van der Waals surface area contributed by atoms with E-state index in [0.29, 0.717) is 12.0 Å². The standard InChI is InChI=1S/C15H25BrN2O/c1-11(2)8-17-9-12(3)18-10-13-5-6-15(19-4)14(16)7-13/h5-7,11-12,17-18H,8-10H2,1-4H3. The minimum Gasteiger partial charge on any atom is -0.496 e. The van der Waals surface area contributed by atoms with E-state index in [2.05, 4.69) is 59.5 Å². The molecule has 108 valence electrons. The second-order valence-corrected chi connectivity index (χ2v) is 6.16. The fourth-order valence-corrected chi connectivity index (χ4v) is 2.36. The smallest absolute Gasteiger partial charge is 0.133 e. The molecule has 0 spiro atoms. The predicted molar refractivity (Wildman–Crippen MR) is 84.7 cm³/mol. The van der Waals surface area contributed by atoms with Crippen LogP contribution in [-0.2, 0) is 6.54 Å². The quantitative estimate of drug-likeness (QED) is 0.768. The van der Waals surface area contributed by atoms with Gasteiger partial charge in [-0.2, -0.15) is 0 Å². The van der Waals surface area contributed by atoms with Crippen molar-refractivity contribution in [2.45, 2.75) is 33.4 Å². The molecule has 0 aromatic heterocycles. The average Bonchev–Trinajstić information content (AvgIpc) is 2.36. The summed E-state index contributed by atoms with van der Waals surface area (Å²) in [6.07, 6.45) is 0. The van der Waals surface area contributed by atoms with Gasteiger partial charge in [-0.3, -0.25) is 0 Å². The van der Waals surface area contributed by atoms with Crippen molar-refractivity contribution in [3.8, 4) is 5.75 Å². The summed E-state index contributed by atoms with van der Waals surface area (Å²) < 4.78 is 6.22. The molecule has 3 nitrogen and oxygen atoms in total. The van der Waals surface area contributed by atoms with Crippen LogP contribution in [0.5, 0.6) is 5.75 Å². The van der Waals surface area contributed by atoms with Gasteiger partial charge in [-0.1, -0.05) is 19.9 Å². The lowest BCUT2D eigenvalue weighted by atomic mass is 10.2. The number of hydrogen-bond acceptors (Lipinski definition) is 3. The van der Waals surface area contributed by atoms with Gasteiger partial charge in [0, 0.05) is 19.1 Å². The Morgan fingerprint density at radius 2 is 1.95 bits per heavy atom. The minimum absolute atomic E-state index is 0.458. The fourth-order valence-electron chi connectivity index (χ4n) is 1.77. The summed E-state index contributed by atoms with van der Waals surface area (Å²) in [7, 11) is 1.68. The third-order valence-electron chi connectivity index (χ3n) is 2.87. The lowest BCUT2D eigenvalue weighted by Crippen LogP contribution is -2.37. The highest BCUT2D eigenvalue weighted by atomic mass is 79.9. The normalized spacial score (nSPS) is 12.7. The zero-order chi connectivity index (χ0) is 14.3. The van der Waals surface area contributed by atoms with Gasteiger partial charge < -0.3 is 15.4 Å². The van der Waals surface area contributed by atoms with Crippen LogP contribution in [-0.4, -0.2) is 26.2 Å². The lowest BCUT2D eigenvalue weighted by Gasteiger charge is -2.16. The van der Waals surface area contributed by atoms with E-state index >= 15 is 0 Å². The van der Waals surface area contributed by atoms with E-state index in [-0.39, 0.29) is 0 Å². The first-order chi connectivity index (χ1) is 9.02. The minimum atomic E-state index is 0.458. The number of ether oxygens (including phenoxy) is 1. The average molecular weight is 329 g/mol. The summed E-state index contributed by atoms with van der Waals surface area (Å²) in [5, 5.41) is 6.97. The first kappa shape index (κ1) is 16.5. The fraction of sp³-hybridized carbons (Fsp3) is 0.600. The molecule has 0 aliphatic rings. The Morgan fingerprint density at radius 1 is 1.21 bits per heavy atom. The maximum Gasteiger partial charge on any atom is 0.133 e. The van der Waals surface area contributed by atoms with E-state index in [1.807, 2.05) is 6.07 Å². The predicted octanol–water partition coefficient (Wildman–Crippen LogP) is 3.18. The van der Waals surface area contributed by atoms with Gasteiger partial charge in [0.1, 0.15) is 5.75 Å². The van der Waals surface area contributed by atoms with Crippen molar-refractivity contribution in [3.63, 3.8) is 0 Å². The molecule has 1 atom stereocenters. The largest absolute Gasteiger partial charge is 0.496 e. The van der Waals surface area contributed by atoms with E-state index < -0.39 is 0 Å². The topological polar surface area (TPSA) is 33.3 Å². The number of rotatable bonds is 8. The van der Waals surface area contributed by atoms with Gasteiger partial charge in [0.2, 0.25) is 0 Å². The monoisotopic (exact) mass is 328 g/mol. The molecule has 1 rings (SSSR count). The number of halogens is 1. The zero-order valence-corrected chi connectivity index (χ0v) is 13.9. The maximum absolute atomic E-state index is 5.22. The van der Waals surface area contributed by atoms with Crippen LogP contribution in [0, 0.1) is 5.92 Å². The lowest BCUT2D eigenvalue weighted by molar-refractivity contribution is 0.411. The van der Waals surface area contributed by atoms with Gasteiger partial charge >= 0.3 is 0 Å². The summed E-state index contributed by atoms with van der Waals surface area (Å²) in [6, 6.07) is 6.63. The summed E-state index contributed by atoms with van der Waals surface area (Å²) in [6.45, 7) is 9.58. The third-order valence-corrected chi connectivity index (χ3v) is 3.49. The van der Waals surface area contributed by atoms with Crippen molar-refractivity contribution in [1.82, 2.24) is 10.6 Å². The summed E-state index contributed by atoms with van der Waals surface area (Å²) in [4.78, 5) is 0. The molecule has 19 heavy (non-hydrogen) atoms. The Kier molecular flexibility index (Phi) is 7.42. The van der Waals surface area contributed by atoms with Crippen LogP contribution in [0.3, 0.4) is 0 Å². The summed E-state index contributed by atoms with van der Waals surface area (Å²) in [5.41, 5.74) is 1.25. The zero-order valence-electron chi connectivity index (χ0n) is 12.3. The molecule has 0 saturated heterocycles. The van der Waals surface area contributed by atoms with E-state index in [0.717, 1.165) is 29.9 Å². The first-order valence-corrected chi connectivity index (χ1v) is 7.58. The van der Waals surface area contributed by atoms with Gasteiger partial charge in [-0.05, 0) is 53.0 Å². The van der Waals surface area contributed by atoms with Crippen molar-refractivity contribution >= 4 is 15.9 Å². The van der Waals surface area contributed by atoms with Crippen LogP contribution in [0.15, 0.2) is 22.7 Å². The van der Waals surface area contributed by atoms with Crippen molar-refractivity contribution in [3.05, 3.63) is 28.2 Å². The number of hydrogen-bond donors (Lipinski definition) is 2. The van der Waals surface area contributed by atoms with E-state index in [1.165, 1.54) is 5.56 Å². The SMILES string of the molecule is COc1ccc(CNC(C)CNCC(C)C)cc1Br. The van der Waals surface area contributed by atoms with Crippen LogP contribution in [0.1, 0.15) is 26.3 Å². The molecule has 1 aromatic carbocycles. The van der Waals surface area contributed by atoms with Gasteiger partial charge in [0.25, 0.3) is 0 Å². The molecule has 0 fully saturated rings. The molecule has 4 heteroatoms. The second kappa shape index (κ2) is 8.56. The van der Waals surface area contributed by atoms with Gasteiger partial charge in [0.05, 0.1) is 11.6 Å². The highest BCUT2D eigenvalue weighted by molar-refractivity contribution is 9.10. The Labute approximate surface area is 125 Å². The van der Waals surface area contributed by atoms with Crippen molar-refractivity contribution in [2.24, 2.45) is 5.92 Å². The van der Waals surface area contributed by atoms with E-state index in [9.17, 15) is 0 Å². The highest BCUT2D eigenvalue weighted by Crippen LogP contribution is 2.25. The third kappa shape index (κ3) is 6.41. The second-order valence-electron chi connectivity index (χ2n) is 5.30. The van der Waals surface area contributed by atoms with Crippen LogP contribution in [0.4, 0.5) is 0 Å². The van der Waals surface area contributed by atoms with Crippen LogP contribution >= 0.6 is 15.9 Å². The molecule has 1 unspecified atom stereocenters. The summed E-state index contributed by atoms with van der Waals surface area (Å²) >= 11 is 3.51. The molecule has 0 amide bonds. The van der Waals surface area contributed by atoms with Gasteiger partial charge in [-0.15, -0.1) is 0 Å². The molecule has 0 bridgehead atoms. The molecule has 2 N–H and O–H groups in total. The highest BCUT2D eigenvalue weighted by Gasteiger charge is 2.04. The molecular weight excluding hydrogens is 304 g/mol. The van der Waals surface area contributed by atoms with Crippen molar-refractivity contribution in [1.29, 1.82) is 0 Å². The van der Waals surface area contributed by atoms with Gasteiger partial charge in [0.15, 0.2) is 0 Å². The molecule has 0 saturated carbocycles. The Hall–Kier alpha value is -0.580. The maximum atomic E-state index is 5.22. The first-order valence-electron chi connectivity index (χ1n) is 6.79. The van der Waals surface area contributed by atoms with Crippen LogP contribution < -0.4 is 15.4 Å². The van der Waals surface area contributed by atoms with E-state index in [4.69, 9.17) is 4.74 Å². The molecule has 0 heterocycles. The molecule has 1 aromatic rings. The summed E-state index contributed by atoms with van der Waals surface area (Å²) in [5.74, 6) is 1.57.